The summed E-state index contributed by atoms with van der Waals surface area (Å²) in [5, 5.41) is 2.30. The number of ether oxygens (including phenoxy) is 2. The Morgan fingerprint density at radius 2 is 1.74 bits per heavy atom. The van der Waals surface area contributed by atoms with E-state index in [1.165, 1.54) is 5.56 Å². The Morgan fingerprint density at radius 3 is 2.30 bits per heavy atom. The van der Waals surface area contributed by atoms with Gasteiger partial charge in [0.15, 0.2) is 5.79 Å². The Balaban J connectivity index is 1.95. The molecule has 1 aromatic rings. The summed E-state index contributed by atoms with van der Waals surface area (Å²) in [7, 11) is 0. The summed E-state index contributed by atoms with van der Waals surface area (Å²) < 4.78 is 12.7. The molecule has 4 unspecified atom stereocenters. The summed E-state index contributed by atoms with van der Waals surface area (Å²) in [4.78, 5) is 6.72. The summed E-state index contributed by atoms with van der Waals surface area (Å²) in [5.41, 5.74) is 0.869. The maximum Gasteiger partial charge on any atom is 0.174 e. The molecule has 2 fully saturated rings. The predicted molar refractivity (Wildman–Crippen MR) is 108 cm³/mol. The third-order valence-corrected chi connectivity index (χ3v) is 7.17. The van der Waals surface area contributed by atoms with Crippen molar-refractivity contribution in [2.24, 2.45) is 5.92 Å². The van der Waals surface area contributed by atoms with Gasteiger partial charge in [-0.3, -0.25) is 4.84 Å². The van der Waals surface area contributed by atoms with Gasteiger partial charge >= 0.3 is 0 Å². The highest BCUT2D eigenvalue weighted by Crippen LogP contribution is 2.53. The predicted octanol–water partition coefficient (Wildman–Crippen LogP) is 5.49. The second-order valence-electron chi connectivity index (χ2n) is 8.77. The maximum atomic E-state index is 6.72. The summed E-state index contributed by atoms with van der Waals surface area (Å²) >= 11 is 0. The van der Waals surface area contributed by atoms with Crippen molar-refractivity contribution < 1.29 is 14.3 Å². The zero-order valence-electron chi connectivity index (χ0n) is 18.0. The number of benzene rings is 1. The molecule has 0 aliphatic carbocycles. The molecule has 2 aliphatic rings. The molecule has 2 aliphatic heterocycles. The molecule has 3 rings (SSSR count). The zero-order chi connectivity index (χ0) is 19.7. The molecular formula is C23H37NO3. The van der Waals surface area contributed by atoms with Crippen LogP contribution < -0.4 is 0 Å². The Kier molecular flexibility index (Phi) is 6.02. The molecule has 0 amide bonds. The molecule has 0 aromatic heterocycles. The largest absolute Gasteiger partial charge is 0.349 e. The number of hydrogen-bond acceptors (Lipinski definition) is 4. The lowest BCUT2D eigenvalue weighted by atomic mass is 9.67. The van der Waals surface area contributed by atoms with Crippen LogP contribution in [0.1, 0.15) is 78.9 Å². The van der Waals surface area contributed by atoms with E-state index in [0.29, 0.717) is 0 Å². The molecule has 27 heavy (non-hydrogen) atoms. The molecule has 1 aromatic carbocycles. The Morgan fingerprint density at radius 1 is 1.11 bits per heavy atom. The minimum atomic E-state index is -0.510. The highest BCUT2D eigenvalue weighted by atomic mass is 16.7. The second-order valence-corrected chi connectivity index (χ2v) is 8.77. The summed E-state index contributed by atoms with van der Waals surface area (Å²) in [6.07, 6.45) is 3.75. The minimum absolute atomic E-state index is 0.00241. The van der Waals surface area contributed by atoms with E-state index in [1.54, 1.807) is 0 Å². The van der Waals surface area contributed by atoms with Gasteiger partial charge in [0.2, 0.25) is 0 Å². The summed E-state index contributed by atoms with van der Waals surface area (Å²) in [5.74, 6) is -0.304. The quantitative estimate of drug-likeness (QED) is 0.681. The molecule has 0 radical (unpaired) electrons. The minimum Gasteiger partial charge on any atom is -0.349 e. The lowest BCUT2D eigenvalue weighted by Gasteiger charge is -2.63. The van der Waals surface area contributed by atoms with Crippen molar-refractivity contribution in [1.82, 2.24) is 5.06 Å². The average molecular weight is 376 g/mol. The normalized spacial score (nSPS) is 35.3. The lowest BCUT2D eigenvalue weighted by molar-refractivity contribution is -0.405. The first-order chi connectivity index (χ1) is 12.8. The van der Waals surface area contributed by atoms with Crippen LogP contribution in [0.25, 0.3) is 0 Å². The van der Waals surface area contributed by atoms with Crippen molar-refractivity contribution in [2.45, 2.75) is 90.2 Å². The standard InChI is InChI=1S/C23H37NO3/c1-7-21(5)17-23(25-15-12-16-26-23)19(4)22(6,8-2)24(21)27-18(3)20-13-10-9-11-14-20/h9-11,13-14,18-19H,7-8,12,15-17H2,1-6H3. The fraction of sp³-hybridized carbons (Fsp3) is 0.739. The molecule has 4 atom stereocenters. The lowest BCUT2D eigenvalue weighted by Crippen LogP contribution is -2.73. The van der Waals surface area contributed by atoms with Crippen LogP contribution in [0.15, 0.2) is 30.3 Å². The highest BCUT2D eigenvalue weighted by molar-refractivity contribution is 5.17. The molecule has 152 valence electrons. The van der Waals surface area contributed by atoms with Crippen molar-refractivity contribution in [1.29, 1.82) is 0 Å². The van der Waals surface area contributed by atoms with Gasteiger partial charge in [-0.1, -0.05) is 51.1 Å². The topological polar surface area (TPSA) is 30.9 Å². The van der Waals surface area contributed by atoms with E-state index in [9.17, 15) is 0 Å². The van der Waals surface area contributed by atoms with Gasteiger partial charge in [0.1, 0.15) is 6.10 Å². The van der Waals surface area contributed by atoms with Crippen LogP contribution in [-0.4, -0.2) is 35.1 Å². The van der Waals surface area contributed by atoms with Gasteiger partial charge in [0.05, 0.1) is 18.8 Å². The van der Waals surface area contributed by atoms with E-state index >= 15 is 0 Å². The van der Waals surface area contributed by atoms with E-state index < -0.39 is 5.79 Å². The molecule has 4 nitrogen and oxygen atoms in total. The third kappa shape index (κ3) is 3.57. The van der Waals surface area contributed by atoms with Gasteiger partial charge in [-0.15, -0.1) is 0 Å². The fourth-order valence-corrected chi connectivity index (χ4v) is 4.87. The molecule has 2 heterocycles. The van der Waals surface area contributed by atoms with Gasteiger partial charge in [-0.2, -0.15) is 5.06 Å². The van der Waals surface area contributed by atoms with Crippen molar-refractivity contribution >= 4 is 0 Å². The SMILES string of the molecule is CCC1(C)CC2(OCCCO2)C(C)C(C)(CC)N1OC(C)c1ccccc1. The number of piperidine rings is 1. The molecular weight excluding hydrogens is 338 g/mol. The first kappa shape index (κ1) is 20.8. The van der Waals surface area contributed by atoms with E-state index in [-0.39, 0.29) is 23.1 Å². The molecule has 0 bridgehead atoms. The maximum absolute atomic E-state index is 6.72. The molecule has 0 N–H and O–H groups in total. The molecule has 0 saturated carbocycles. The first-order valence-corrected chi connectivity index (χ1v) is 10.6. The van der Waals surface area contributed by atoms with Crippen molar-refractivity contribution in [3.05, 3.63) is 35.9 Å². The number of nitrogens with zero attached hydrogens (tertiary/aromatic N) is 1. The average Bonchev–Trinajstić information content (AvgIpc) is 2.71. The Hall–Kier alpha value is -0.940. The van der Waals surface area contributed by atoms with Crippen LogP contribution in [0, 0.1) is 5.92 Å². The van der Waals surface area contributed by atoms with E-state index in [0.717, 1.165) is 38.9 Å². The van der Waals surface area contributed by atoms with E-state index in [2.05, 4.69) is 70.9 Å². The molecule has 4 heteroatoms. The smallest absolute Gasteiger partial charge is 0.174 e. The zero-order valence-corrected chi connectivity index (χ0v) is 18.0. The van der Waals surface area contributed by atoms with E-state index in [1.807, 2.05) is 6.07 Å². The molecule has 1 spiro atoms. The van der Waals surface area contributed by atoms with Gasteiger partial charge < -0.3 is 9.47 Å². The van der Waals surface area contributed by atoms with Crippen LogP contribution in [0.3, 0.4) is 0 Å². The number of hydrogen-bond donors (Lipinski definition) is 0. The number of rotatable bonds is 5. The van der Waals surface area contributed by atoms with Gasteiger partial charge in [0, 0.05) is 17.9 Å². The van der Waals surface area contributed by atoms with Gasteiger partial charge in [-0.05, 0) is 45.6 Å². The molecule has 2 saturated heterocycles. The van der Waals surface area contributed by atoms with Gasteiger partial charge in [-0.25, -0.2) is 0 Å². The van der Waals surface area contributed by atoms with E-state index in [4.69, 9.17) is 14.3 Å². The number of hydroxylamine groups is 2. The van der Waals surface area contributed by atoms with Crippen molar-refractivity contribution in [3.8, 4) is 0 Å². The van der Waals surface area contributed by atoms with Crippen LogP contribution in [0.2, 0.25) is 0 Å². The van der Waals surface area contributed by atoms with Crippen molar-refractivity contribution in [2.75, 3.05) is 13.2 Å². The van der Waals surface area contributed by atoms with Crippen LogP contribution in [-0.2, 0) is 14.3 Å². The third-order valence-electron chi connectivity index (χ3n) is 7.17. The fourth-order valence-electron chi connectivity index (χ4n) is 4.87. The monoisotopic (exact) mass is 375 g/mol. The van der Waals surface area contributed by atoms with Crippen LogP contribution >= 0.6 is 0 Å². The first-order valence-electron chi connectivity index (χ1n) is 10.6. The summed E-state index contributed by atoms with van der Waals surface area (Å²) in [6, 6.07) is 10.5. The Bertz CT molecular complexity index is 615. The van der Waals surface area contributed by atoms with Gasteiger partial charge in [0.25, 0.3) is 0 Å². The Labute approximate surface area is 165 Å². The highest BCUT2D eigenvalue weighted by Gasteiger charge is 2.62. The van der Waals surface area contributed by atoms with Crippen LogP contribution in [0.5, 0.6) is 0 Å². The second kappa shape index (κ2) is 7.82. The summed E-state index contributed by atoms with van der Waals surface area (Å²) in [6.45, 7) is 15.1. The van der Waals surface area contributed by atoms with Crippen molar-refractivity contribution in [3.63, 3.8) is 0 Å². The van der Waals surface area contributed by atoms with Crippen LogP contribution in [0.4, 0.5) is 0 Å².